The van der Waals surface area contributed by atoms with Crippen LogP contribution in [0.1, 0.15) is 79.6 Å². The molecule has 0 N–H and O–H groups in total. The van der Waals surface area contributed by atoms with Gasteiger partial charge in [-0.3, -0.25) is 0 Å². The highest BCUT2D eigenvalue weighted by atomic mass is 31.1. The topological polar surface area (TPSA) is 0 Å². The van der Waals surface area contributed by atoms with E-state index in [0.29, 0.717) is 10.6 Å². The van der Waals surface area contributed by atoms with Gasteiger partial charge < -0.3 is 0 Å². The second-order valence-electron chi connectivity index (χ2n) is 8.94. The van der Waals surface area contributed by atoms with E-state index in [1.807, 2.05) is 0 Å². The first-order valence-electron chi connectivity index (χ1n) is 9.14. The highest BCUT2D eigenvalue weighted by molar-refractivity contribution is 7.40. The van der Waals surface area contributed by atoms with Crippen molar-refractivity contribution in [3.63, 3.8) is 0 Å². The minimum Gasteiger partial charge on any atom is -0.115 e. The van der Waals surface area contributed by atoms with Crippen LogP contribution < -0.4 is 0 Å². The van der Waals surface area contributed by atoms with Crippen molar-refractivity contribution in [3.05, 3.63) is 0 Å². The minimum absolute atomic E-state index is 0.581. The summed E-state index contributed by atoms with van der Waals surface area (Å²) in [6, 6.07) is 0. The van der Waals surface area contributed by atoms with Crippen LogP contribution in [0.4, 0.5) is 0 Å². The van der Waals surface area contributed by atoms with Gasteiger partial charge in [0.2, 0.25) is 0 Å². The second kappa shape index (κ2) is 4.97. The third-order valence-electron chi connectivity index (χ3n) is 8.05. The fourth-order valence-corrected chi connectivity index (χ4v) is 7.70. The molecule has 0 heterocycles. The maximum atomic E-state index is 2.62. The first kappa shape index (κ1) is 15.3. The third kappa shape index (κ3) is 1.96. The monoisotopic (exact) mass is 294 g/mol. The number of hydrogen-bond acceptors (Lipinski definition) is 0. The average molecular weight is 294 g/mol. The van der Waals surface area contributed by atoms with E-state index in [0.717, 1.165) is 23.2 Å². The van der Waals surface area contributed by atoms with Gasteiger partial charge in [-0.25, -0.2) is 0 Å². The molecule has 6 atom stereocenters. The summed E-state index contributed by atoms with van der Waals surface area (Å²) in [6.07, 6.45) is 12.1. The van der Waals surface area contributed by atoms with Gasteiger partial charge in [0, 0.05) is 0 Å². The largest absolute Gasteiger partial charge is 0.115 e. The lowest BCUT2D eigenvalue weighted by molar-refractivity contribution is -0.121. The van der Waals surface area contributed by atoms with Crippen molar-refractivity contribution < 1.29 is 0 Å². The zero-order chi connectivity index (χ0) is 14.6. The predicted octanol–water partition coefficient (Wildman–Crippen LogP) is 6.10. The molecular weight excluding hydrogens is 259 g/mol. The van der Waals surface area contributed by atoms with E-state index in [4.69, 9.17) is 0 Å². The van der Waals surface area contributed by atoms with Crippen molar-refractivity contribution in [1.29, 1.82) is 0 Å². The van der Waals surface area contributed by atoms with Crippen molar-refractivity contribution in [3.8, 4) is 0 Å². The van der Waals surface area contributed by atoms with Crippen molar-refractivity contribution in [2.24, 2.45) is 28.6 Å². The normalized spacial score (nSPS) is 44.9. The molecule has 0 aromatic carbocycles. The lowest BCUT2D eigenvalue weighted by atomic mass is 9.43. The summed E-state index contributed by atoms with van der Waals surface area (Å²) in [5, 5.41) is 0.581. The van der Waals surface area contributed by atoms with Gasteiger partial charge >= 0.3 is 0 Å². The zero-order valence-electron chi connectivity index (χ0n) is 14.4. The Labute approximate surface area is 128 Å². The highest BCUT2D eigenvalue weighted by Crippen LogP contribution is 2.78. The lowest BCUT2D eigenvalue weighted by Gasteiger charge is -2.62. The van der Waals surface area contributed by atoms with Crippen molar-refractivity contribution in [1.82, 2.24) is 0 Å². The van der Waals surface area contributed by atoms with Gasteiger partial charge in [0.15, 0.2) is 0 Å². The fourth-order valence-electron chi connectivity index (χ4n) is 5.81. The standard InChI is InChI=1S/C19H35P/c1-6-14(3)12-20-17(4,5)18(7-2)11-16-10-15-8-9-19(15,16)13-18/h14-16,20H,6-13H2,1-5H3. The van der Waals surface area contributed by atoms with Crippen LogP contribution in [0.2, 0.25) is 0 Å². The molecule has 0 radical (unpaired) electrons. The second-order valence-corrected chi connectivity index (χ2v) is 10.9. The molecule has 6 unspecified atom stereocenters. The van der Waals surface area contributed by atoms with Crippen LogP contribution in [-0.4, -0.2) is 11.3 Å². The SMILES string of the molecule is CCC(C)CPC(C)(C)C1(CC)CC2CC3CCC32C1. The minimum atomic E-state index is 0.581. The maximum absolute atomic E-state index is 2.62. The summed E-state index contributed by atoms with van der Waals surface area (Å²) in [5.41, 5.74) is 1.53. The predicted molar refractivity (Wildman–Crippen MR) is 91.9 cm³/mol. The third-order valence-corrected chi connectivity index (χ3v) is 10.4. The summed E-state index contributed by atoms with van der Waals surface area (Å²) in [7, 11) is 1.17. The van der Waals surface area contributed by atoms with Crippen molar-refractivity contribution in [2.75, 3.05) is 6.16 Å². The van der Waals surface area contributed by atoms with Crippen LogP contribution in [0.15, 0.2) is 0 Å². The van der Waals surface area contributed by atoms with E-state index < -0.39 is 0 Å². The Morgan fingerprint density at radius 1 is 1.25 bits per heavy atom. The van der Waals surface area contributed by atoms with Crippen LogP contribution in [0.5, 0.6) is 0 Å². The van der Waals surface area contributed by atoms with Gasteiger partial charge in [-0.1, -0.05) is 41.0 Å². The molecule has 0 aromatic heterocycles. The van der Waals surface area contributed by atoms with Gasteiger partial charge in [0.1, 0.15) is 0 Å². The number of rotatable bonds is 6. The van der Waals surface area contributed by atoms with E-state index in [-0.39, 0.29) is 0 Å². The molecule has 0 amide bonds. The Bertz CT molecular complexity index is 374. The average Bonchev–Trinajstić information content (AvgIpc) is 2.77. The van der Waals surface area contributed by atoms with Crippen LogP contribution in [0.25, 0.3) is 0 Å². The lowest BCUT2D eigenvalue weighted by Crippen LogP contribution is -2.53. The summed E-state index contributed by atoms with van der Waals surface area (Å²) < 4.78 is 0. The molecule has 20 heavy (non-hydrogen) atoms. The molecule has 0 nitrogen and oxygen atoms in total. The smallest absolute Gasteiger partial charge is 0.0122 e. The molecule has 1 heteroatoms. The number of hydrogen-bond donors (Lipinski definition) is 0. The molecule has 3 fully saturated rings. The van der Waals surface area contributed by atoms with Gasteiger partial charge in [-0.15, -0.1) is 8.58 Å². The Balaban J connectivity index is 1.72. The Kier molecular flexibility index (Phi) is 3.81. The van der Waals surface area contributed by atoms with Gasteiger partial charge in [0.25, 0.3) is 0 Å². The molecule has 1 spiro atoms. The molecule has 0 saturated heterocycles. The van der Waals surface area contributed by atoms with Crippen LogP contribution in [-0.2, 0) is 0 Å². The van der Waals surface area contributed by atoms with Gasteiger partial charge in [-0.2, -0.15) is 0 Å². The summed E-state index contributed by atoms with van der Waals surface area (Å²) in [5.74, 6) is 3.19. The summed E-state index contributed by atoms with van der Waals surface area (Å²) in [6.45, 7) is 12.5. The first-order chi connectivity index (χ1) is 9.39. The van der Waals surface area contributed by atoms with E-state index in [1.165, 1.54) is 27.6 Å². The summed E-state index contributed by atoms with van der Waals surface area (Å²) in [4.78, 5) is 0. The quantitative estimate of drug-likeness (QED) is 0.519. The van der Waals surface area contributed by atoms with Crippen LogP contribution in [0.3, 0.4) is 0 Å². The maximum Gasteiger partial charge on any atom is -0.0122 e. The Hall–Kier alpha value is 0.430. The summed E-state index contributed by atoms with van der Waals surface area (Å²) >= 11 is 0. The zero-order valence-corrected chi connectivity index (χ0v) is 15.4. The molecule has 3 aliphatic carbocycles. The molecule has 0 aromatic rings. The first-order valence-corrected chi connectivity index (χ1v) is 10.3. The molecule has 3 rings (SSSR count). The molecule has 116 valence electrons. The van der Waals surface area contributed by atoms with Crippen molar-refractivity contribution >= 4 is 8.58 Å². The van der Waals surface area contributed by atoms with E-state index >= 15 is 0 Å². The fraction of sp³-hybridized carbons (Fsp3) is 1.00. The van der Waals surface area contributed by atoms with E-state index in [9.17, 15) is 0 Å². The van der Waals surface area contributed by atoms with Gasteiger partial charge in [0.05, 0.1) is 0 Å². The molecule has 0 bridgehead atoms. The Morgan fingerprint density at radius 3 is 2.45 bits per heavy atom. The van der Waals surface area contributed by atoms with E-state index in [2.05, 4.69) is 34.6 Å². The van der Waals surface area contributed by atoms with Crippen LogP contribution >= 0.6 is 8.58 Å². The molecular formula is C19H35P. The van der Waals surface area contributed by atoms with Crippen molar-refractivity contribution in [2.45, 2.75) is 84.7 Å². The molecule has 3 saturated carbocycles. The highest BCUT2D eigenvalue weighted by Gasteiger charge is 2.69. The van der Waals surface area contributed by atoms with E-state index in [1.54, 1.807) is 32.1 Å². The molecule has 0 aliphatic heterocycles. The molecule has 3 aliphatic rings. The van der Waals surface area contributed by atoms with Gasteiger partial charge in [-0.05, 0) is 78.4 Å². The Morgan fingerprint density at radius 2 is 2.00 bits per heavy atom. The van der Waals surface area contributed by atoms with Crippen LogP contribution in [0, 0.1) is 28.6 Å².